The van der Waals surface area contributed by atoms with Crippen LogP contribution in [-0.2, 0) is 0 Å². The largest absolute Gasteiger partial charge is 0.399 e. The summed E-state index contributed by atoms with van der Waals surface area (Å²) in [5.74, 6) is 0. The number of hydrogen-bond donors (Lipinski definition) is 1. The molecule has 0 amide bonds. The van der Waals surface area contributed by atoms with Crippen LogP contribution in [0.25, 0.3) is 77.9 Å². The van der Waals surface area contributed by atoms with Crippen molar-refractivity contribution in [1.29, 1.82) is 0 Å². The molecule has 0 aliphatic carbocycles. The van der Waals surface area contributed by atoms with Crippen molar-refractivity contribution < 1.29 is 0 Å². The predicted molar refractivity (Wildman–Crippen MR) is 264 cm³/mol. The second kappa shape index (κ2) is 17.2. The highest BCUT2D eigenvalue weighted by atomic mass is 15.2. The Balaban J connectivity index is 1.40. The molecule has 0 aliphatic heterocycles. The average Bonchev–Trinajstić information content (AvgIpc) is 3.35. The van der Waals surface area contributed by atoms with E-state index < -0.39 is 0 Å². The number of nitrogens with zero attached hydrogens (tertiary/aromatic N) is 1. The van der Waals surface area contributed by atoms with Crippen molar-refractivity contribution in [2.24, 2.45) is 0 Å². The van der Waals surface area contributed by atoms with Crippen LogP contribution in [0.15, 0.2) is 255 Å². The van der Waals surface area contributed by atoms with Gasteiger partial charge in [-0.3, -0.25) is 0 Å². The third kappa shape index (κ3) is 7.36. The molecule has 10 aromatic rings. The Labute approximate surface area is 364 Å². The lowest BCUT2D eigenvalue weighted by atomic mass is 9.81. The van der Waals surface area contributed by atoms with Crippen LogP contribution >= 0.6 is 0 Å². The van der Waals surface area contributed by atoms with Gasteiger partial charge in [0.2, 0.25) is 0 Å². The first-order valence-corrected chi connectivity index (χ1v) is 21.1. The SMILES string of the molecule is Nc1ccc(-c2ccc(N(c3ccccc3-c3ccccc3)c3ccccc3-c3ccccc3)c(-c3ccccc3-c3ccccc3)c2-c2ccccc2-c2ccccc2)cc1. The van der Waals surface area contributed by atoms with Crippen LogP contribution in [0.5, 0.6) is 0 Å². The summed E-state index contributed by atoms with van der Waals surface area (Å²) >= 11 is 0. The maximum Gasteiger partial charge on any atom is 0.0547 e. The van der Waals surface area contributed by atoms with Gasteiger partial charge < -0.3 is 10.6 Å². The van der Waals surface area contributed by atoms with Crippen molar-refractivity contribution in [3.63, 3.8) is 0 Å². The number of benzene rings is 10. The Morgan fingerprint density at radius 2 is 0.532 bits per heavy atom. The van der Waals surface area contributed by atoms with Gasteiger partial charge in [-0.25, -0.2) is 0 Å². The predicted octanol–water partition coefficient (Wildman–Crippen LogP) is 16.4. The molecule has 2 heteroatoms. The third-order valence-corrected chi connectivity index (χ3v) is 11.7. The summed E-state index contributed by atoms with van der Waals surface area (Å²) in [6, 6.07) is 91.3. The highest BCUT2D eigenvalue weighted by molar-refractivity contribution is 6.09. The molecule has 2 N–H and O–H groups in total. The Hall–Kier alpha value is -8.20. The number of para-hydroxylation sites is 2. The molecule has 0 radical (unpaired) electrons. The summed E-state index contributed by atoms with van der Waals surface area (Å²) in [7, 11) is 0. The molecule has 0 bridgehead atoms. The van der Waals surface area contributed by atoms with Crippen LogP contribution in [0.3, 0.4) is 0 Å². The maximum absolute atomic E-state index is 6.37. The molecular weight excluding hydrogens is 749 g/mol. The summed E-state index contributed by atoms with van der Waals surface area (Å²) < 4.78 is 0. The Kier molecular flexibility index (Phi) is 10.5. The fourth-order valence-corrected chi connectivity index (χ4v) is 8.82. The first-order chi connectivity index (χ1) is 30.7. The van der Waals surface area contributed by atoms with Gasteiger partial charge in [0.05, 0.1) is 17.1 Å². The zero-order valence-electron chi connectivity index (χ0n) is 34.3. The van der Waals surface area contributed by atoms with Gasteiger partial charge in [0.15, 0.2) is 0 Å². The number of nitrogens with two attached hydrogens (primary N) is 1. The van der Waals surface area contributed by atoms with Crippen molar-refractivity contribution in [3.05, 3.63) is 255 Å². The van der Waals surface area contributed by atoms with Crippen LogP contribution in [0.2, 0.25) is 0 Å². The molecule has 2 nitrogen and oxygen atoms in total. The summed E-state index contributed by atoms with van der Waals surface area (Å²) in [6.07, 6.45) is 0. The van der Waals surface area contributed by atoms with Gasteiger partial charge in [0.1, 0.15) is 0 Å². The summed E-state index contributed by atoms with van der Waals surface area (Å²) in [4.78, 5) is 2.50. The van der Waals surface area contributed by atoms with E-state index in [-0.39, 0.29) is 0 Å². The standard InChI is InChI=1S/C60H44N2/c61-48-39-37-47(38-40-48)53-41-42-58(62(56-35-19-17-31-51(56)45-25-9-3-10-26-45)57-36-20-18-32-52(57)46-27-11-4-12-28-46)60(55-34-16-14-30-50(55)44-23-7-2-8-24-44)59(53)54-33-15-13-29-49(54)43-21-5-1-6-22-43/h1-42H,61H2. The first kappa shape index (κ1) is 38.0. The van der Waals surface area contributed by atoms with Crippen molar-refractivity contribution in [1.82, 2.24) is 0 Å². The first-order valence-electron chi connectivity index (χ1n) is 21.1. The molecule has 0 aliphatic rings. The quantitative estimate of drug-likeness (QED) is 0.140. The Morgan fingerprint density at radius 3 is 0.968 bits per heavy atom. The summed E-state index contributed by atoms with van der Waals surface area (Å²) in [5.41, 5.74) is 26.2. The van der Waals surface area contributed by atoms with Crippen molar-refractivity contribution in [2.45, 2.75) is 0 Å². The average molecular weight is 793 g/mol. The lowest BCUT2D eigenvalue weighted by molar-refractivity contribution is 1.28. The lowest BCUT2D eigenvalue weighted by Crippen LogP contribution is -2.14. The number of anilines is 4. The minimum Gasteiger partial charge on any atom is -0.399 e. The monoisotopic (exact) mass is 792 g/mol. The zero-order chi connectivity index (χ0) is 41.7. The van der Waals surface area contributed by atoms with E-state index in [9.17, 15) is 0 Å². The maximum atomic E-state index is 6.37. The van der Waals surface area contributed by atoms with Crippen LogP contribution in [-0.4, -0.2) is 0 Å². The minimum atomic E-state index is 0.729. The van der Waals surface area contributed by atoms with E-state index in [0.717, 1.165) is 101 Å². The third-order valence-electron chi connectivity index (χ3n) is 11.7. The van der Waals surface area contributed by atoms with E-state index in [4.69, 9.17) is 5.73 Å². The summed E-state index contributed by atoms with van der Waals surface area (Å²) in [5, 5.41) is 0. The van der Waals surface area contributed by atoms with Gasteiger partial charge in [-0.2, -0.15) is 0 Å². The smallest absolute Gasteiger partial charge is 0.0547 e. The zero-order valence-corrected chi connectivity index (χ0v) is 34.3. The lowest BCUT2D eigenvalue weighted by Gasteiger charge is -2.34. The fraction of sp³-hybridized carbons (Fsp3) is 0. The van der Waals surface area contributed by atoms with Crippen LogP contribution in [0, 0.1) is 0 Å². The van der Waals surface area contributed by atoms with Crippen molar-refractivity contribution >= 4 is 22.7 Å². The molecule has 0 aromatic heterocycles. The number of rotatable bonds is 10. The molecule has 10 rings (SSSR count). The van der Waals surface area contributed by atoms with E-state index in [1.165, 1.54) is 0 Å². The Bertz CT molecular complexity index is 3020. The number of hydrogen-bond acceptors (Lipinski definition) is 2. The van der Waals surface area contributed by atoms with E-state index in [2.05, 4.69) is 248 Å². The van der Waals surface area contributed by atoms with Crippen molar-refractivity contribution in [3.8, 4) is 77.9 Å². The molecule has 0 saturated heterocycles. The van der Waals surface area contributed by atoms with Crippen LogP contribution < -0.4 is 10.6 Å². The van der Waals surface area contributed by atoms with Gasteiger partial charge in [-0.15, -0.1) is 0 Å². The van der Waals surface area contributed by atoms with Gasteiger partial charge >= 0.3 is 0 Å². The van der Waals surface area contributed by atoms with E-state index in [1.54, 1.807) is 0 Å². The van der Waals surface area contributed by atoms with E-state index in [0.29, 0.717) is 0 Å². The number of nitrogen functional groups attached to an aromatic ring is 1. The van der Waals surface area contributed by atoms with Gasteiger partial charge in [0.25, 0.3) is 0 Å². The molecule has 0 fully saturated rings. The molecule has 294 valence electrons. The second-order valence-corrected chi connectivity index (χ2v) is 15.4. The van der Waals surface area contributed by atoms with Crippen LogP contribution in [0.1, 0.15) is 0 Å². The molecule has 0 saturated carbocycles. The molecule has 0 heterocycles. The highest BCUT2D eigenvalue weighted by Crippen LogP contribution is 2.54. The second-order valence-electron chi connectivity index (χ2n) is 15.4. The molecule has 10 aromatic carbocycles. The fourth-order valence-electron chi connectivity index (χ4n) is 8.82. The molecule has 0 spiro atoms. The topological polar surface area (TPSA) is 29.3 Å². The molecular formula is C60H44N2. The molecule has 62 heavy (non-hydrogen) atoms. The van der Waals surface area contributed by atoms with Gasteiger partial charge in [-0.1, -0.05) is 224 Å². The van der Waals surface area contributed by atoms with Gasteiger partial charge in [-0.05, 0) is 86.0 Å². The van der Waals surface area contributed by atoms with Crippen LogP contribution in [0.4, 0.5) is 22.7 Å². The molecule has 0 unspecified atom stereocenters. The van der Waals surface area contributed by atoms with E-state index >= 15 is 0 Å². The highest BCUT2D eigenvalue weighted by Gasteiger charge is 2.29. The van der Waals surface area contributed by atoms with Gasteiger partial charge in [0, 0.05) is 27.9 Å². The van der Waals surface area contributed by atoms with Crippen molar-refractivity contribution in [2.75, 3.05) is 10.6 Å². The minimum absolute atomic E-state index is 0.729. The Morgan fingerprint density at radius 1 is 0.210 bits per heavy atom. The van der Waals surface area contributed by atoms with E-state index in [1.807, 2.05) is 12.1 Å². The normalized spacial score (nSPS) is 11.0. The summed E-state index contributed by atoms with van der Waals surface area (Å²) in [6.45, 7) is 0. The molecule has 0 atom stereocenters.